The van der Waals surface area contributed by atoms with Gasteiger partial charge in [-0.05, 0) is 30.7 Å². The first kappa shape index (κ1) is 17.6. The minimum atomic E-state index is -1.08. The lowest BCUT2D eigenvalue weighted by Crippen LogP contribution is -2.22. The molecule has 0 aliphatic rings. The Kier molecular flexibility index (Phi) is 5.15. The lowest BCUT2D eigenvalue weighted by atomic mass is 10.1. The van der Waals surface area contributed by atoms with Crippen LogP contribution in [0.25, 0.3) is 22.6 Å². The van der Waals surface area contributed by atoms with Gasteiger partial charge in [0.25, 0.3) is 0 Å². The summed E-state index contributed by atoms with van der Waals surface area (Å²) in [4.78, 5) is 9.04. The van der Waals surface area contributed by atoms with Crippen molar-refractivity contribution in [1.82, 2.24) is 24.7 Å². The Morgan fingerprint density at radius 2 is 2.00 bits per heavy atom. The van der Waals surface area contributed by atoms with Crippen molar-refractivity contribution < 1.29 is 4.74 Å². The monoisotopic (exact) mass is 355 g/mol. The van der Waals surface area contributed by atoms with Gasteiger partial charge < -0.3 is 9.30 Å². The third-order valence-electron chi connectivity index (χ3n) is 4.09. The molecule has 0 atom stereocenters. The predicted molar refractivity (Wildman–Crippen MR) is 102 cm³/mol. The third kappa shape index (κ3) is 4.43. The minimum absolute atomic E-state index is 0.503. The number of H-pyrrole nitrogens is 1. The van der Waals surface area contributed by atoms with Crippen LogP contribution in [0.2, 0.25) is 25.7 Å². The number of imidazole rings is 1. The van der Waals surface area contributed by atoms with E-state index in [9.17, 15) is 0 Å². The maximum absolute atomic E-state index is 5.91. The van der Waals surface area contributed by atoms with E-state index >= 15 is 0 Å². The first-order valence-electron chi connectivity index (χ1n) is 8.49. The molecule has 0 spiro atoms. The Morgan fingerprint density at radius 3 is 2.72 bits per heavy atom. The van der Waals surface area contributed by atoms with E-state index in [4.69, 9.17) is 4.74 Å². The number of rotatable bonds is 7. The topological polar surface area (TPSA) is 68.6 Å². The van der Waals surface area contributed by atoms with Crippen LogP contribution < -0.4 is 0 Å². The summed E-state index contributed by atoms with van der Waals surface area (Å²) in [6.45, 7) is 10.4. The Labute approximate surface area is 149 Å². The third-order valence-corrected chi connectivity index (χ3v) is 5.80. The van der Waals surface area contributed by atoms with Gasteiger partial charge in [0.05, 0.1) is 6.20 Å². The first-order valence-corrected chi connectivity index (χ1v) is 12.2. The van der Waals surface area contributed by atoms with E-state index in [0.29, 0.717) is 6.73 Å². The summed E-state index contributed by atoms with van der Waals surface area (Å²) >= 11 is 0. The molecular formula is C18H25N5OSi. The molecule has 0 bridgehead atoms. The number of aromatic amines is 1. The molecule has 0 amide bonds. The molecular weight excluding hydrogens is 330 g/mol. The normalized spacial score (nSPS) is 11.8. The standard InChI is InChI=1S/C18H25N5OSi/c1-14-10-20-18(23(14)13-24-7-8-25(2,3)4)17-9-15(5-6-19-17)16-11-21-22-12-16/h5-6,9-12H,7-8,13H2,1-4H3,(H,21,22). The van der Waals surface area contributed by atoms with Gasteiger partial charge in [-0.15, -0.1) is 0 Å². The zero-order valence-corrected chi connectivity index (χ0v) is 16.3. The summed E-state index contributed by atoms with van der Waals surface area (Å²) in [5.41, 5.74) is 3.99. The predicted octanol–water partition coefficient (Wildman–Crippen LogP) is 3.96. The van der Waals surface area contributed by atoms with E-state index in [0.717, 1.165) is 41.0 Å². The van der Waals surface area contributed by atoms with Crippen LogP contribution in [0.4, 0.5) is 0 Å². The molecule has 0 saturated heterocycles. The van der Waals surface area contributed by atoms with Crippen LogP contribution in [0.3, 0.4) is 0 Å². The van der Waals surface area contributed by atoms with Gasteiger partial charge in [0.1, 0.15) is 12.4 Å². The molecule has 0 aliphatic carbocycles. The van der Waals surface area contributed by atoms with E-state index in [1.165, 1.54) is 0 Å². The number of hydrogen-bond acceptors (Lipinski definition) is 4. The average Bonchev–Trinajstić information content (AvgIpc) is 3.21. The molecule has 7 heteroatoms. The summed E-state index contributed by atoms with van der Waals surface area (Å²) in [6.07, 6.45) is 7.34. The Morgan fingerprint density at radius 1 is 1.16 bits per heavy atom. The zero-order valence-electron chi connectivity index (χ0n) is 15.3. The second-order valence-corrected chi connectivity index (χ2v) is 13.0. The summed E-state index contributed by atoms with van der Waals surface area (Å²) < 4.78 is 7.99. The van der Waals surface area contributed by atoms with Crippen LogP contribution in [0, 0.1) is 6.92 Å². The van der Waals surface area contributed by atoms with Crippen molar-refractivity contribution in [3.05, 3.63) is 42.6 Å². The maximum Gasteiger partial charge on any atom is 0.160 e. The fourth-order valence-corrected chi connectivity index (χ4v) is 3.26. The quantitative estimate of drug-likeness (QED) is 0.514. The van der Waals surface area contributed by atoms with Crippen molar-refractivity contribution in [3.63, 3.8) is 0 Å². The SMILES string of the molecule is Cc1cnc(-c2cc(-c3cn[nH]c3)ccn2)n1COCC[Si](C)(C)C. The molecule has 132 valence electrons. The molecule has 3 aromatic heterocycles. The summed E-state index contributed by atoms with van der Waals surface area (Å²) in [7, 11) is -1.08. The number of aryl methyl sites for hydroxylation is 1. The van der Waals surface area contributed by atoms with Crippen molar-refractivity contribution in [3.8, 4) is 22.6 Å². The minimum Gasteiger partial charge on any atom is -0.361 e. The molecule has 0 saturated carbocycles. The Balaban J connectivity index is 1.78. The molecule has 0 fully saturated rings. The maximum atomic E-state index is 5.91. The van der Waals surface area contributed by atoms with Gasteiger partial charge in [-0.1, -0.05) is 19.6 Å². The molecule has 3 aromatic rings. The van der Waals surface area contributed by atoms with E-state index in [1.807, 2.05) is 31.5 Å². The Bertz CT molecular complexity index is 820. The van der Waals surface area contributed by atoms with Crippen LogP contribution in [0.15, 0.2) is 36.9 Å². The number of ether oxygens (including phenoxy) is 1. The number of nitrogens with zero attached hydrogens (tertiary/aromatic N) is 4. The first-order chi connectivity index (χ1) is 11.9. The molecule has 1 N–H and O–H groups in total. The summed E-state index contributed by atoms with van der Waals surface area (Å²) in [5, 5.41) is 6.85. The van der Waals surface area contributed by atoms with Gasteiger partial charge >= 0.3 is 0 Å². The van der Waals surface area contributed by atoms with Crippen molar-refractivity contribution in [2.75, 3.05) is 6.61 Å². The number of nitrogens with one attached hydrogen (secondary N) is 1. The fourth-order valence-electron chi connectivity index (χ4n) is 2.50. The highest BCUT2D eigenvalue weighted by atomic mass is 28.3. The van der Waals surface area contributed by atoms with Gasteiger partial charge in [0.15, 0.2) is 5.82 Å². The molecule has 0 aromatic carbocycles. The smallest absolute Gasteiger partial charge is 0.160 e. The average molecular weight is 356 g/mol. The van der Waals surface area contributed by atoms with E-state index in [2.05, 4.69) is 44.4 Å². The van der Waals surface area contributed by atoms with E-state index in [-0.39, 0.29) is 0 Å². The second-order valence-electron chi connectivity index (χ2n) is 7.42. The van der Waals surface area contributed by atoms with Crippen molar-refractivity contribution >= 4 is 8.07 Å². The van der Waals surface area contributed by atoms with Gasteiger partial charge in [-0.3, -0.25) is 10.1 Å². The molecule has 6 nitrogen and oxygen atoms in total. The number of aromatic nitrogens is 5. The fraction of sp³-hybridized carbons (Fsp3) is 0.389. The number of pyridine rings is 1. The van der Waals surface area contributed by atoms with Crippen molar-refractivity contribution in [1.29, 1.82) is 0 Å². The summed E-state index contributed by atoms with van der Waals surface area (Å²) in [5.74, 6) is 0.829. The molecule has 25 heavy (non-hydrogen) atoms. The molecule has 3 rings (SSSR count). The van der Waals surface area contributed by atoms with E-state index in [1.54, 1.807) is 12.4 Å². The zero-order chi connectivity index (χ0) is 17.9. The molecule has 0 aliphatic heterocycles. The highest BCUT2D eigenvalue weighted by Gasteiger charge is 2.14. The van der Waals surface area contributed by atoms with Crippen LogP contribution in [-0.2, 0) is 11.5 Å². The molecule has 3 heterocycles. The molecule has 0 unspecified atom stereocenters. The van der Waals surface area contributed by atoms with Crippen LogP contribution in [0.1, 0.15) is 5.69 Å². The second kappa shape index (κ2) is 7.33. The largest absolute Gasteiger partial charge is 0.361 e. The van der Waals surface area contributed by atoms with E-state index < -0.39 is 8.07 Å². The lowest BCUT2D eigenvalue weighted by molar-refractivity contribution is 0.0870. The number of hydrogen-bond donors (Lipinski definition) is 1. The molecule has 0 radical (unpaired) electrons. The van der Waals surface area contributed by atoms with Gasteiger partial charge in [0.2, 0.25) is 0 Å². The van der Waals surface area contributed by atoms with Crippen molar-refractivity contribution in [2.24, 2.45) is 0 Å². The summed E-state index contributed by atoms with van der Waals surface area (Å²) in [6, 6.07) is 5.16. The van der Waals surface area contributed by atoms with Gasteiger partial charge in [-0.25, -0.2) is 4.98 Å². The van der Waals surface area contributed by atoms with Gasteiger partial charge in [-0.2, -0.15) is 5.10 Å². The lowest BCUT2D eigenvalue weighted by Gasteiger charge is -2.16. The van der Waals surface area contributed by atoms with Crippen LogP contribution in [0.5, 0.6) is 0 Å². The Hall–Kier alpha value is -2.25. The highest BCUT2D eigenvalue weighted by molar-refractivity contribution is 6.76. The van der Waals surface area contributed by atoms with Crippen LogP contribution in [-0.4, -0.2) is 39.4 Å². The van der Waals surface area contributed by atoms with Crippen molar-refractivity contribution in [2.45, 2.75) is 39.3 Å². The van der Waals surface area contributed by atoms with Gasteiger partial charge in [0, 0.05) is 44.5 Å². The van der Waals surface area contributed by atoms with Crippen LogP contribution >= 0.6 is 0 Å². The highest BCUT2D eigenvalue weighted by Crippen LogP contribution is 2.24.